The minimum absolute atomic E-state index is 0.0386. The fourth-order valence-corrected chi connectivity index (χ4v) is 3.02. The normalized spacial score (nSPS) is 20.5. The van der Waals surface area contributed by atoms with E-state index in [9.17, 15) is 4.79 Å². The van der Waals surface area contributed by atoms with Crippen LogP contribution in [0, 0.1) is 0 Å². The molecule has 0 aliphatic carbocycles. The Morgan fingerprint density at radius 2 is 2.33 bits per heavy atom. The van der Waals surface area contributed by atoms with E-state index in [2.05, 4.69) is 11.2 Å². The molecule has 2 N–H and O–H groups in total. The largest absolute Gasteiger partial charge is 0.397 e. The number of aromatic nitrogens is 1. The van der Waals surface area contributed by atoms with Crippen molar-refractivity contribution in [3.63, 3.8) is 0 Å². The molecule has 0 spiro atoms. The fraction of sp³-hybridized carbons (Fsp3) is 0.538. The van der Waals surface area contributed by atoms with Gasteiger partial charge in [-0.3, -0.25) is 9.78 Å². The van der Waals surface area contributed by atoms with Crippen LogP contribution in [-0.4, -0.2) is 40.4 Å². The summed E-state index contributed by atoms with van der Waals surface area (Å²) in [6, 6.07) is 1.70. The van der Waals surface area contributed by atoms with Gasteiger partial charge in [0, 0.05) is 24.5 Å². The second-order valence-corrected chi connectivity index (χ2v) is 5.68. The maximum Gasteiger partial charge on any atom is 0.256 e. The summed E-state index contributed by atoms with van der Waals surface area (Å²) < 4.78 is 0. The van der Waals surface area contributed by atoms with Crippen molar-refractivity contribution in [2.24, 2.45) is 0 Å². The molecule has 1 unspecified atom stereocenters. The Bertz CT molecular complexity index is 424. The van der Waals surface area contributed by atoms with Crippen LogP contribution in [0.1, 0.15) is 29.6 Å². The lowest BCUT2D eigenvalue weighted by Gasteiger charge is -2.21. The monoisotopic (exact) mass is 265 g/mol. The Kier molecular flexibility index (Phi) is 4.47. The summed E-state index contributed by atoms with van der Waals surface area (Å²) in [7, 11) is 0. The third-order valence-electron chi connectivity index (χ3n) is 3.38. The van der Waals surface area contributed by atoms with Crippen molar-refractivity contribution >= 4 is 23.4 Å². The van der Waals surface area contributed by atoms with E-state index in [1.54, 1.807) is 12.3 Å². The summed E-state index contributed by atoms with van der Waals surface area (Å²) in [5.41, 5.74) is 6.85. The molecule has 1 atom stereocenters. The van der Waals surface area contributed by atoms with Crippen molar-refractivity contribution < 1.29 is 4.79 Å². The number of hydrogen-bond donors (Lipinski definition) is 1. The second-order valence-electron chi connectivity index (χ2n) is 4.54. The lowest BCUT2D eigenvalue weighted by atomic mass is 10.2. The molecule has 1 saturated heterocycles. The first-order valence-corrected chi connectivity index (χ1v) is 7.52. The lowest BCUT2D eigenvalue weighted by molar-refractivity contribution is 0.0763. The van der Waals surface area contributed by atoms with Crippen LogP contribution in [0.25, 0.3) is 0 Å². The molecule has 5 heteroatoms. The zero-order valence-electron chi connectivity index (χ0n) is 10.6. The van der Waals surface area contributed by atoms with Crippen LogP contribution in [-0.2, 0) is 0 Å². The summed E-state index contributed by atoms with van der Waals surface area (Å²) in [5, 5.41) is 0.678. The highest BCUT2D eigenvalue weighted by atomic mass is 32.2. The van der Waals surface area contributed by atoms with Crippen molar-refractivity contribution in [2.75, 3.05) is 25.1 Å². The summed E-state index contributed by atoms with van der Waals surface area (Å²) >= 11 is 1.90. The van der Waals surface area contributed by atoms with Crippen LogP contribution in [0.4, 0.5) is 5.69 Å². The number of nitrogens with two attached hydrogens (primary N) is 1. The first kappa shape index (κ1) is 13.2. The van der Waals surface area contributed by atoms with Crippen molar-refractivity contribution in [1.29, 1.82) is 0 Å². The zero-order valence-corrected chi connectivity index (χ0v) is 11.4. The molecular weight excluding hydrogens is 246 g/mol. The highest BCUT2D eigenvalue weighted by molar-refractivity contribution is 7.99. The first-order chi connectivity index (χ1) is 8.72. The van der Waals surface area contributed by atoms with Gasteiger partial charge in [0.05, 0.1) is 17.4 Å². The lowest BCUT2D eigenvalue weighted by Crippen LogP contribution is -2.32. The van der Waals surface area contributed by atoms with Gasteiger partial charge in [-0.05, 0) is 31.6 Å². The molecule has 0 saturated carbocycles. The van der Waals surface area contributed by atoms with E-state index < -0.39 is 0 Å². The number of hydrogen-bond acceptors (Lipinski definition) is 4. The van der Waals surface area contributed by atoms with E-state index in [0.717, 1.165) is 25.9 Å². The van der Waals surface area contributed by atoms with Crippen molar-refractivity contribution in [1.82, 2.24) is 9.88 Å². The molecule has 1 fully saturated rings. The molecule has 0 aromatic carbocycles. The molecule has 0 radical (unpaired) electrons. The molecule has 1 aliphatic rings. The van der Waals surface area contributed by atoms with Crippen LogP contribution in [0.15, 0.2) is 18.5 Å². The summed E-state index contributed by atoms with van der Waals surface area (Å²) in [5.74, 6) is 0.0386. The molecule has 0 bridgehead atoms. The number of nitrogen functional groups attached to an aromatic ring is 1. The molecular formula is C13H19N3OS. The second kappa shape index (κ2) is 6.09. The zero-order chi connectivity index (χ0) is 13.0. The van der Waals surface area contributed by atoms with E-state index in [-0.39, 0.29) is 5.91 Å². The number of pyridine rings is 1. The molecule has 2 heterocycles. The Morgan fingerprint density at radius 1 is 1.50 bits per heavy atom. The molecule has 4 nitrogen and oxygen atoms in total. The van der Waals surface area contributed by atoms with Crippen LogP contribution in [0.5, 0.6) is 0 Å². The standard InChI is InChI=1S/C13H19N3OS/c1-18-10-3-2-7-16(8-5-10)13(17)11-4-6-15-9-12(11)14/h4,6,9-10H,2-3,5,7-8,14H2,1H3. The number of likely N-dealkylation sites (tertiary alicyclic amines) is 1. The van der Waals surface area contributed by atoms with Gasteiger partial charge < -0.3 is 10.6 Å². The maximum absolute atomic E-state index is 12.4. The van der Waals surface area contributed by atoms with Crippen LogP contribution < -0.4 is 5.73 Å². The fourth-order valence-electron chi connectivity index (χ4n) is 2.28. The van der Waals surface area contributed by atoms with E-state index >= 15 is 0 Å². The Hall–Kier alpha value is -1.23. The number of thioether (sulfide) groups is 1. The summed E-state index contributed by atoms with van der Waals surface area (Å²) in [4.78, 5) is 18.2. The van der Waals surface area contributed by atoms with Crippen LogP contribution in [0.3, 0.4) is 0 Å². The third-order valence-corrected chi connectivity index (χ3v) is 4.52. The summed E-state index contributed by atoms with van der Waals surface area (Å²) in [6.07, 6.45) is 8.63. The van der Waals surface area contributed by atoms with Crippen LogP contribution in [0.2, 0.25) is 0 Å². The van der Waals surface area contributed by atoms with E-state index in [1.165, 1.54) is 12.6 Å². The van der Waals surface area contributed by atoms with Gasteiger partial charge in [-0.2, -0.15) is 11.8 Å². The van der Waals surface area contributed by atoms with Crippen molar-refractivity contribution in [3.8, 4) is 0 Å². The van der Waals surface area contributed by atoms with Crippen molar-refractivity contribution in [3.05, 3.63) is 24.0 Å². The smallest absolute Gasteiger partial charge is 0.256 e. The average Bonchev–Trinajstić information content (AvgIpc) is 2.63. The predicted octanol–water partition coefficient (Wildman–Crippen LogP) is 2.02. The highest BCUT2D eigenvalue weighted by Crippen LogP contribution is 2.22. The maximum atomic E-state index is 12.4. The highest BCUT2D eigenvalue weighted by Gasteiger charge is 2.22. The Morgan fingerprint density at radius 3 is 3.06 bits per heavy atom. The quantitative estimate of drug-likeness (QED) is 0.888. The van der Waals surface area contributed by atoms with E-state index in [0.29, 0.717) is 16.5 Å². The number of rotatable bonds is 2. The van der Waals surface area contributed by atoms with Gasteiger partial charge >= 0.3 is 0 Å². The molecule has 98 valence electrons. The van der Waals surface area contributed by atoms with Gasteiger partial charge in [0.2, 0.25) is 0 Å². The van der Waals surface area contributed by atoms with Gasteiger partial charge in [0.25, 0.3) is 5.91 Å². The minimum atomic E-state index is 0.0386. The SMILES string of the molecule is CSC1CCCN(C(=O)c2ccncc2N)CC1. The van der Waals surface area contributed by atoms with E-state index in [1.807, 2.05) is 16.7 Å². The number of carbonyl (C=O) groups excluding carboxylic acids is 1. The van der Waals surface area contributed by atoms with E-state index in [4.69, 9.17) is 5.73 Å². The molecule has 18 heavy (non-hydrogen) atoms. The van der Waals surface area contributed by atoms with Crippen LogP contribution >= 0.6 is 11.8 Å². The van der Waals surface area contributed by atoms with Gasteiger partial charge in [-0.1, -0.05) is 0 Å². The topological polar surface area (TPSA) is 59.2 Å². The predicted molar refractivity (Wildman–Crippen MR) is 75.7 cm³/mol. The third kappa shape index (κ3) is 2.96. The van der Waals surface area contributed by atoms with Gasteiger partial charge in [0.15, 0.2) is 0 Å². The molecule has 1 amide bonds. The number of nitrogens with zero attached hydrogens (tertiary/aromatic N) is 2. The first-order valence-electron chi connectivity index (χ1n) is 6.24. The molecule has 1 aromatic heterocycles. The number of amides is 1. The average molecular weight is 265 g/mol. The molecule has 2 rings (SSSR count). The molecule has 1 aliphatic heterocycles. The Balaban J connectivity index is 2.08. The number of carbonyl (C=O) groups is 1. The minimum Gasteiger partial charge on any atom is -0.397 e. The van der Waals surface area contributed by atoms with Gasteiger partial charge in [-0.25, -0.2) is 0 Å². The van der Waals surface area contributed by atoms with Gasteiger partial charge in [-0.15, -0.1) is 0 Å². The van der Waals surface area contributed by atoms with Crippen molar-refractivity contribution in [2.45, 2.75) is 24.5 Å². The summed E-state index contributed by atoms with van der Waals surface area (Å²) in [6.45, 7) is 1.66. The molecule has 1 aromatic rings. The number of anilines is 1. The Labute approximate surface area is 112 Å². The van der Waals surface area contributed by atoms with Gasteiger partial charge in [0.1, 0.15) is 0 Å².